The molecule has 0 aromatic carbocycles. The molecule has 0 spiro atoms. The van der Waals surface area contributed by atoms with E-state index >= 15 is 0 Å². The Bertz CT molecular complexity index is 306. The van der Waals surface area contributed by atoms with Gasteiger partial charge in [0.05, 0.1) is 11.9 Å². The molecule has 1 aliphatic heterocycles. The van der Waals surface area contributed by atoms with E-state index in [4.69, 9.17) is 0 Å². The van der Waals surface area contributed by atoms with Crippen molar-refractivity contribution >= 4 is 0 Å². The summed E-state index contributed by atoms with van der Waals surface area (Å²) in [5, 5.41) is 0. The number of hydrogen-bond donors (Lipinski definition) is 1. The van der Waals surface area contributed by atoms with Crippen molar-refractivity contribution in [3.8, 4) is 0 Å². The Morgan fingerprint density at radius 3 is 2.92 bits per heavy atom. The summed E-state index contributed by atoms with van der Waals surface area (Å²) in [6.07, 6.45) is 4.29. The fourth-order valence-electron chi connectivity index (χ4n) is 1.71. The van der Waals surface area contributed by atoms with E-state index in [9.17, 15) is 0 Å². The minimum Gasteiger partial charge on any atom is -0.324 e. The van der Waals surface area contributed by atoms with Crippen molar-refractivity contribution in [3.63, 3.8) is 0 Å². The predicted molar refractivity (Wildman–Crippen MR) is 53.5 cm³/mol. The Kier molecular flexibility index (Phi) is 1.82. The van der Waals surface area contributed by atoms with Crippen LogP contribution in [-0.2, 0) is 11.8 Å². The zero-order chi connectivity index (χ0) is 9.47. The molecule has 0 radical (unpaired) electrons. The third-order valence-electron chi connectivity index (χ3n) is 2.45. The number of aryl methyl sites for hydroxylation is 1. The van der Waals surface area contributed by atoms with Crippen LogP contribution in [0.3, 0.4) is 0 Å². The van der Waals surface area contributed by atoms with Crippen LogP contribution in [0.4, 0.5) is 0 Å². The van der Waals surface area contributed by atoms with Gasteiger partial charge in [-0.05, 0) is 6.42 Å². The highest BCUT2D eigenvalue weighted by Gasteiger charge is 2.22. The van der Waals surface area contributed by atoms with E-state index in [0.717, 1.165) is 13.0 Å². The van der Waals surface area contributed by atoms with E-state index in [2.05, 4.69) is 35.9 Å². The van der Waals surface area contributed by atoms with Gasteiger partial charge in [0.25, 0.3) is 0 Å². The van der Waals surface area contributed by atoms with E-state index in [1.807, 2.05) is 6.20 Å². The zero-order valence-electron chi connectivity index (χ0n) is 8.59. The first-order valence-corrected chi connectivity index (χ1v) is 4.90. The first-order valence-electron chi connectivity index (χ1n) is 4.90. The fourth-order valence-corrected chi connectivity index (χ4v) is 1.71. The molecule has 2 heterocycles. The minimum absolute atomic E-state index is 0.176. The maximum Gasteiger partial charge on any atom is 0.127 e. The van der Waals surface area contributed by atoms with Gasteiger partial charge in [0.2, 0.25) is 0 Å². The van der Waals surface area contributed by atoms with Crippen molar-refractivity contribution in [1.82, 2.24) is 9.66 Å². The number of nitrogens with one attached hydrogen (secondary N) is 1. The summed E-state index contributed by atoms with van der Waals surface area (Å²) < 4.78 is 2.16. The van der Waals surface area contributed by atoms with Gasteiger partial charge in [-0.3, -0.25) is 0 Å². The first-order chi connectivity index (χ1) is 6.09. The Balaban J connectivity index is 2.43. The van der Waals surface area contributed by atoms with Crippen LogP contribution in [0.15, 0.2) is 6.20 Å². The van der Waals surface area contributed by atoms with Gasteiger partial charge < -0.3 is 5.43 Å². The quantitative estimate of drug-likeness (QED) is 0.656. The van der Waals surface area contributed by atoms with Gasteiger partial charge in [-0.25, -0.2) is 9.66 Å². The SMILES string of the molecule is CC(C)(C)c1cnc2n1NCCC2. The van der Waals surface area contributed by atoms with Crippen LogP contribution in [-0.4, -0.2) is 16.2 Å². The molecule has 3 heteroatoms. The molecule has 2 rings (SSSR count). The molecular formula is C10H17N3. The van der Waals surface area contributed by atoms with E-state index in [-0.39, 0.29) is 5.41 Å². The Labute approximate surface area is 79.1 Å². The molecule has 0 amide bonds. The molecule has 1 aromatic heterocycles. The topological polar surface area (TPSA) is 29.9 Å². The molecular weight excluding hydrogens is 162 g/mol. The first kappa shape index (κ1) is 8.60. The van der Waals surface area contributed by atoms with Crippen molar-refractivity contribution in [2.24, 2.45) is 0 Å². The Hall–Kier alpha value is -0.990. The number of rotatable bonds is 0. The Morgan fingerprint density at radius 2 is 2.23 bits per heavy atom. The second-order valence-electron chi connectivity index (χ2n) is 4.66. The van der Waals surface area contributed by atoms with Crippen LogP contribution in [0.25, 0.3) is 0 Å². The van der Waals surface area contributed by atoms with Gasteiger partial charge in [0.15, 0.2) is 0 Å². The van der Waals surface area contributed by atoms with Crippen molar-refractivity contribution < 1.29 is 0 Å². The average molecular weight is 179 g/mol. The average Bonchev–Trinajstić information content (AvgIpc) is 2.45. The normalized spacial score (nSPS) is 16.5. The molecule has 0 saturated heterocycles. The summed E-state index contributed by atoms with van der Waals surface area (Å²) in [6, 6.07) is 0. The van der Waals surface area contributed by atoms with Crippen LogP contribution < -0.4 is 5.43 Å². The summed E-state index contributed by atoms with van der Waals surface area (Å²) in [7, 11) is 0. The van der Waals surface area contributed by atoms with Crippen molar-refractivity contribution in [1.29, 1.82) is 0 Å². The van der Waals surface area contributed by atoms with Gasteiger partial charge in [-0.2, -0.15) is 0 Å². The predicted octanol–water partition coefficient (Wildman–Crippen LogP) is 1.67. The highest BCUT2D eigenvalue weighted by Crippen LogP contribution is 2.23. The van der Waals surface area contributed by atoms with Gasteiger partial charge in [0.1, 0.15) is 5.82 Å². The van der Waals surface area contributed by atoms with E-state index < -0.39 is 0 Å². The second-order valence-corrected chi connectivity index (χ2v) is 4.66. The lowest BCUT2D eigenvalue weighted by atomic mass is 9.93. The van der Waals surface area contributed by atoms with Crippen LogP contribution >= 0.6 is 0 Å². The van der Waals surface area contributed by atoms with Crippen LogP contribution in [0, 0.1) is 0 Å². The molecule has 0 saturated carbocycles. The van der Waals surface area contributed by atoms with E-state index in [1.165, 1.54) is 17.9 Å². The molecule has 0 aliphatic carbocycles. The number of aromatic nitrogens is 2. The van der Waals surface area contributed by atoms with E-state index in [1.54, 1.807) is 0 Å². The smallest absolute Gasteiger partial charge is 0.127 e. The van der Waals surface area contributed by atoms with Crippen molar-refractivity contribution in [3.05, 3.63) is 17.7 Å². The highest BCUT2D eigenvalue weighted by atomic mass is 15.4. The van der Waals surface area contributed by atoms with Gasteiger partial charge in [-0.1, -0.05) is 20.8 Å². The Morgan fingerprint density at radius 1 is 1.46 bits per heavy atom. The highest BCUT2D eigenvalue weighted by molar-refractivity contribution is 5.17. The monoisotopic (exact) mass is 179 g/mol. The van der Waals surface area contributed by atoms with Crippen molar-refractivity contribution in [2.45, 2.75) is 39.0 Å². The minimum atomic E-state index is 0.176. The third kappa shape index (κ3) is 1.43. The molecule has 0 fully saturated rings. The van der Waals surface area contributed by atoms with Crippen LogP contribution in [0.1, 0.15) is 38.7 Å². The summed E-state index contributed by atoms with van der Waals surface area (Å²) in [4.78, 5) is 4.42. The molecule has 72 valence electrons. The van der Waals surface area contributed by atoms with Gasteiger partial charge >= 0.3 is 0 Å². The number of fused-ring (bicyclic) bond motifs is 1. The molecule has 1 aliphatic rings. The van der Waals surface area contributed by atoms with Gasteiger partial charge in [-0.15, -0.1) is 0 Å². The van der Waals surface area contributed by atoms with Crippen LogP contribution in [0.2, 0.25) is 0 Å². The zero-order valence-corrected chi connectivity index (χ0v) is 8.59. The van der Waals surface area contributed by atoms with Gasteiger partial charge in [0, 0.05) is 18.4 Å². The molecule has 1 N–H and O–H groups in total. The number of hydrogen-bond acceptors (Lipinski definition) is 2. The third-order valence-corrected chi connectivity index (χ3v) is 2.45. The lowest BCUT2D eigenvalue weighted by molar-refractivity contribution is 0.520. The molecule has 0 unspecified atom stereocenters. The summed E-state index contributed by atoms with van der Waals surface area (Å²) in [6.45, 7) is 7.71. The number of imidazole rings is 1. The van der Waals surface area contributed by atoms with Crippen LogP contribution in [0.5, 0.6) is 0 Å². The maximum absolute atomic E-state index is 4.42. The summed E-state index contributed by atoms with van der Waals surface area (Å²) in [5.74, 6) is 1.18. The lowest BCUT2D eigenvalue weighted by Crippen LogP contribution is -2.30. The number of nitrogens with zero attached hydrogens (tertiary/aromatic N) is 2. The molecule has 1 aromatic rings. The summed E-state index contributed by atoms with van der Waals surface area (Å²) >= 11 is 0. The fraction of sp³-hybridized carbons (Fsp3) is 0.700. The molecule has 3 nitrogen and oxygen atoms in total. The molecule has 13 heavy (non-hydrogen) atoms. The molecule has 0 atom stereocenters. The molecule has 0 bridgehead atoms. The second kappa shape index (κ2) is 2.76. The summed E-state index contributed by atoms with van der Waals surface area (Å²) in [5.41, 5.74) is 4.83. The lowest BCUT2D eigenvalue weighted by Gasteiger charge is -2.25. The maximum atomic E-state index is 4.42. The largest absolute Gasteiger partial charge is 0.324 e. The van der Waals surface area contributed by atoms with E-state index in [0.29, 0.717) is 0 Å². The standard InChI is InChI=1S/C10H17N3/c1-10(2,3)8-7-11-9-5-4-6-12-13(8)9/h7,12H,4-6H2,1-3H3. The van der Waals surface area contributed by atoms with Crippen molar-refractivity contribution in [2.75, 3.05) is 12.0 Å².